The van der Waals surface area contributed by atoms with Gasteiger partial charge in [-0.1, -0.05) is 11.6 Å². The zero-order valence-corrected chi connectivity index (χ0v) is 7.55. The largest absolute Gasteiger partial charge is 0.481 e. The summed E-state index contributed by atoms with van der Waals surface area (Å²) >= 11 is 0. The molecule has 12 heavy (non-hydrogen) atoms. The number of carboxylic acid groups (broad SMARTS) is 1. The van der Waals surface area contributed by atoms with Crippen LogP contribution in [0.4, 0.5) is 0 Å². The molecule has 2 heteroatoms. The Morgan fingerprint density at radius 1 is 1.75 bits per heavy atom. The van der Waals surface area contributed by atoms with Gasteiger partial charge in [-0.05, 0) is 38.5 Å². The van der Waals surface area contributed by atoms with E-state index in [1.807, 2.05) is 0 Å². The second-order valence-electron chi connectivity index (χ2n) is 3.62. The molecular formula is C10H16O2. The van der Waals surface area contributed by atoms with Crippen molar-refractivity contribution in [2.45, 2.75) is 39.0 Å². The lowest BCUT2D eigenvalue weighted by Crippen LogP contribution is -2.07. The number of hydrogen-bond donors (Lipinski definition) is 1. The number of carboxylic acids is 1. The van der Waals surface area contributed by atoms with E-state index in [2.05, 4.69) is 13.0 Å². The first-order valence-corrected chi connectivity index (χ1v) is 4.56. The molecule has 1 aliphatic rings. The van der Waals surface area contributed by atoms with Crippen LogP contribution in [-0.2, 0) is 4.79 Å². The molecule has 0 fully saturated rings. The molecule has 0 aromatic carbocycles. The summed E-state index contributed by atoms with van der Waals surface area (Å²) in [7, 11) is 0. The van der Waals surface area contributed by atoms with Crippen molar-refractivity contribution in [1.82, 2.24) is 0 Å². The number of allylic oxidation sites excluding steroid dienone is 2. The summed E-state index contributed by atoms with van der Waals surface area (Å²) in [6.45, 7) is 2.15. The molecule has 1 N–H and O–H groups in total. The second kappa shape index (κ2) is 4.29. The molecule has 0 saturated heterocycles. The number of carbonyl (C=O) groups is 1. The van der Waals surface area contributed by atoms with Crippen molar-refractivity contribution in [3.8, 4) is 0 Å². The van der Waals surface area contributed by atoms with Crippen molar-refractivity contribution in [2.75, 3.05) is 0 Å². The summed E-state index contributed by atoms with van der Waals surface area (Å²) in [5.74, 6) is -0.0499. The van der Waals surface area contributed by atoms with Crippen LogP contribution < -0.4 is 0 Å². The van der Waals surface area contributed by atoms with Crippen LogP contribution in [0.3, 0.4) is 0 Å². The topological polar surface area (TPSA) is 37.3 Å². The molecule has 1 unspecified atom stereocenters. The van der Waals surface area contributed by atoms with E-state index < -0.39 is 5.97 Å². The average molecular weight is 168 g/mol. The molecule has 0 radical (unpaired) electrons. The van der Waals surface area contributed by atoms with Crippen molar-refractivity contribution >= 4 is 5.97 Å². The minimum atomic E-state index is -0.665. The average Bonchev–Trinajstić information content (AvgIpc) is 2.03. The minimum Gasteiger partial charge on any atom is -0.481 e. The van der Waals surface area contributed by atoms with Gasteiger partial charge in [-0.3, -0.25) is 4.79 Å². The van der Waals surface area contributed by atoms with Crippen LogP contribution in [0, 0.1) is 5.92 Å². The summed E-state index contributed by atoms with van der Waals surface area (Å²) in [4.78, 5) is 10.3. The Labute approximate surface area is 73.3 Å². The molecule has 68 valence electrons. The molecule has 0 aromatic rings. The smallest absolute Gasteiger partial charge is 0.303 e. The van der Waals surface area contributed by atoms with Crippen LogP contribution in [0.5, 0.6) is 0 Å². The van der Waals surface area contributed by atoms with Crippen molar-refractivity contribution in [1.29, 1.82) is 0 Å². The maximum absolute atomic E-state index is 10.3. The highest BCUT2D eigenvalue weighted by atomic mass is 16.4. The van der Waals surface area contributed by atoms with Gasteiger partial charge in [-0.25, -0.2) is 0 Å². The van der Waals surface area contributed by atoms with Gasteiger partial charge in [0.05, 0.1) is 0 Å². The molecule has 0 aromatic heterocycles. The van der Waals surface area contributed by atoms with E-state index in [-0.39, 0.29) is 0 Å². The second-order valence-corrected chi connectivity index (χ2v) is 3.62. The van der Waals surface area contributed by atoms with Crippen molar-refractivity contribution in [3.05, 3.63) is 11.6 Å². The van der Waals surface area contributed by atoms with Crippen molar-refractivity contribution in [3.63, 3.8) is 0 Å². The van der Waals surface area contributed by atoms with Crippen LogP contribution >= 0.6 is 0 Å². The van der Waals surface area contributed by atoms with Gasteiger partial charge in [0.25, 0.3) is 0 Å². The molecule has 1 atom stereocenters. The highest BCUT2D eigenvalue weighted by Crippen LogP contribution is 2.26. The summed E-state index contributed by atoms with van der Waals surface area (Å²) < 4.78 is 0. The van der Waals surface area contributed by atoms with E-state index in [1.54, 1.807) is 0 Å². The highest BCUT2D eigenvalue weighted by molar-refractivity contribution is 5.66. The summed E-state index contributed by atoms with van der Waals surface area (Å²) in [6, 6.07) is 0. The minimum absolute atomic E-state index is 0.331. The van der Waals surface area contributed by atoms with E-state index in [4.69, 9.17) is 5.11 Å². The lowest BCUT2D eigenvalue weighted by molar-refractivity contribution is -0.137. The van der Waals surface area contributed by atoms with E-state index in [9.17, 15) is 4.79 Å². The maximum Gasteiger partial charge on any atom is 0.303 e. The molecule has 0 saturated carbocycles. The Balaban J connectivity index is 2.23. The SMILES string of the molecule is CC1=CCC(CCC(=O)O)CC1. The Morgan fingerprint density at radius 3 is 3.00 bits per heavy atom. The molecule has 0 heterocycles. The summed E-state index contributed by atoms with van der Waals surface area (Å²) in [6.07, 6.45) is 6.84. The van der Waals surface area contributed by atoms with Crippen LogP contribution in [0.1, 0.15) is 39.0 Å². The van der Waals surface area contributed by atoms with E-state index in [0.717, 1.165) is 19.3 Å². The van der Waals surface area contributed by atoms with Crippen LogP contribution in [0.2, 0.25) is 0 Å². The molecule has 1 aliphatic carbocycles. The summed E-state index contributed by atoms with van der Waals surface area (Å²) in [5, 5.41) is 8.48. The molecule has 0 spiro atoms. The fourth-order valence-electron chi connectivity index (χ4n) is 1.61. The van der Waals surface area contributed by atoms with Gasteiger partial charge >= 0.3 is 5.97 Å². The third-order valence-electron chi connectivity index (χ3n) is 2.51. The van der Waals surface area contributed by atoms with Crippen LogP contribution in [-0.4, -0.2) is 11.1 Å². The zero-order chi connectivity index (χ0) is 8.97. The van der Waals surface area contributed by atoms with Crippen molar-refractivity contribution in [2.24, 2.45) is 5.92 Å². The van der Waals surface area contributed by atoms with Gasteiger partial charge in [0.15, 0.2) is 0 Å². The first kappa shape index (κ1) is 9.30. The monoisotopic (exact) mass is 168 g/mol. The Bertz CT molecular complexity index is 194. The first-order chi connectivity index (χ1) is 5.68. The molecule has 0 amide bonds. The van der Waals surface area contributed by atoms with Gasteiger partial charge in [0, 0.05) is 6.42 Å². The Morgan fingerprint density at radius 2 is 2.50 bits per heavy atom. The number of hydrogen-bond acceptors (Lipinski definition) is 1. The Kier molecular flexibility index (Phi) is 3.32. The zero-order valence-electron chi connectivity index (χ0n) is 7.55. The third kappa shape index (κ3) is 3.07. The van der Waals surface area contributed by atoms with Gasteiger partial charge in [0.1, 0.15) is 0 Å². The van der Waals surface area contributed by atoms with Gasteiger partial charge in [0.2, 0.25) is 0 Å². The molecule has 0 bridgehead atoms. The standard InChI is InChI=1S/C10H16O2/c1-8-2-4-9(5-3-8)6-7-10(11)12/h2,9H,3-7H2,1H3,(H,11,12). The molecule has 1 rings (SSSR count). The fourth-order valence-corrected chi connectivity index (χ4v) is 1.61. The first-order valence-electron chi connectivity index (χ1n) is 4.56. The van der Waals surface area contributed by atoms with Crippen LogP contribution in [0.25, 0.3) is 0 Å². The van der Waals surface area contributed by atoms with Gasteiger partial charge in [-0.2, -0.15) is 0 Å². The fraction of sp³-hybridized carbons (Fsp3) is 0.700. The molecular weight excluding hydrogens is 152 g/mol. The van der Waals surface area contributed by atoms with E-state index >= 15 is 0 Å². The molecule has 0 aliphatic heterocycles. The van der Waals surface area contributed by atoms with E-state index in [1.165, 1.54) is 12.0 Å². The van der Waals surface area contributed by atoms with Gasteiger partial charge in [-0.15, -0.1) is 0 Å². The maximum atomic E-state index is 10.3. The predicted octanol–water partition coefficient (Wildman–Crippen LogP) is 2.60. The third-order valence-corrected chi connectivity index (χ3v) is 2.51. The van der Waals surface area contributed by atoms with E-state index in [0.29, 0.717) is 12.3 Å². The van der Waals surface area contributed by atoms with Crippen molar-refractivity contribution < 1.29 is 9.90 Å². The quantitative estimate of drug-likeness (QED) is 0.658. The summed E-state index contributed by atoms with van der Waals surface area (Å²) in [5.41, 5.74) is 1.46. The van der Waals surface area contributed by atoms with Gasteiger partial charge < -0.3 is 5.11 Å². The molecule has 2 nitrogen and oxygen atoms in total. The number of aliphatic carboxylic acids is 1. The van der Waals surface area contributed by atoms with Crippen LogP contribution in [0.15, 0.2) is 11.6 Å². The Hall–Kier alpha value is -0.790. The lowest BCUT2D eigenvalue weighted by atomic mass is 9.87. The predicted molar refractivity (Wildman–Crippen MR) is 48.0 cm³/mol. The number of rotatable bonds is 3. The normalized spacial score (nSPS) is 23.4. The lowest BCUT2D eigenvalue weighted by Gasteiger charge is -2.19. The highest BCUT2D eigenvalue weighted by Gasteiger charge is 2.13.